The Morgan fingerprint density at radius 3 is 1.86 bits per heavy atom. The number of hydrogen-bond acceptors (Lipinski definition) is 3. The fourth-order valence-electron chi connectivity index (χ4n) is 11.7. The van der Waals surface area contributed by atoms with Crippen molar-refractivity contribution in [3.63, 3.8) is 0 Å². The molecule has 2 aliphatic heterocycles. The third-order valence-corrected chi connectivity index (χ3v) is 14.9. The Balaban J connectivity index is 1.22. The zero-order valence-electron chi connectivity index (χ0n) is 41.8. The van der Waals surface area contributed by atoms with Gasteiger partial charge in [-0.1, -0.05) is 151 Å². The predicted octanol–water partition coefficient (Wildman–Crippen LogP) is 16.2. The third kappa shape index (κ3) is 6.58. The fraction of sp³-hybridized carbons (Fsp3) is 0.169. The number of allylic oxidation sites excluding steroid dienone is 1. The molecule has 0 atom stereocenters. The van der Waals surface area contributed by atoms with Gasteiger partial charge in [-0.25, -0.2) is 0 Å². The number of para-hydroxylation sites is 4. The molecular formula is C65H58BN3O. The van der Waals surface area contributed by atoms with Gasteiger partial charge in [0.1, 0.15) is 11.2 Å². The van der Waals surface area contributed by atoms with Crippen LogP contribution in [0.5, 0.6) is 0 Å². The summed E-state index contributed by atoms with van der Waals surface area (Å²) in [6.45, 7) is 25.1. The molecule has 8 aromatic carbocycles. The van der Waals surface area contributed by atoms with E-state index in [1.807, 2.05) is 12.1 Å². The highest BCUT2D eigenvalue weighted by Gasteiger charge is 2.45. The highest BCUT2D eigenvalue weighted by atomic mass is 16.3. The van der Waals surface area contributed by atoms with Crippen molar-refractivity contribution in [1.82, 2.24) is 4.57 Å². The fourth-order valence-corrected chi connectivity index (χ4v) is 11.7. The monoisotopic (exact) mass is 907 g/mol. The lowest BCUT2D eigenvalue weighted by molar-refractivity contribution is 0.590. The highest BCUT2D eigenvalue weighted by molar-refractivity contribution is 7.00. The largest absolute Gasteiger partial charge is 0.455 e. The van der Waals surface area contributed by atoms with Crippen LogP contribution >= 0.6 is 0 Å². The van der Waals surface area contributed by atoms with Crippen molar-refractivity contribution < 1.29 is 4.42 Å². The van der Waals surface area contributed by atoms with E-state index in [9.17, 15) is 0 Å². The number of rotatable bonds is 6. The molecule has 342 valence electrons. The number of benzene rings is 8. The predicted molar refractivity (Wildman–Crippen MR) is 302 cm³/mol. The minimum Gasteiger partial charge on any atom is -0.455 e. The van der Waals surface area contributed by atoms with Gasteiger partial charge in [0, 0.05) is 61.4 Å². The summed E-state index contributed by atoms with van der Waals surface area (Å²) in [6, 6.07) is 58.7. The Morgan fingerprint density at radius 2 is 1.19 bits per heavy atom. The molecule has 12 rings (SSSR count). The van der Waals surface area contributed by atoms with Crippen LogP contribution in [-0.2, 0) is 10.8 Å². The first-order valence-corrected chi connectivity index (χ1v) is 24.8. The van der Waals surface area contributed by atoms with Gasteiger partial charge in [-0.2, -0.15) is 0 Å². The minimum absolute atomic E-state index is 0.0627. The average Bonchev–Trinajstić information content (AvgIpc) is 3.88. The molecule has 2 aromatic heterocycles. The normalized spacial score (nSPS) is 13.4. The Kier molecular flexibility index (Phi) is 9.88. The van der Waals surface area contributed by atoms with E-state index in [4.69, 9.17) is 4.42 Å². The van der Waals surface area contributed by atoms with Crippen LogP contribution in [0.25, 0.3) is 61.8 Å². The van der Waals surface area contributed by atoms with Gasteiger partial charge in [0.25, 0.3) is 6.71 Å². The van der Waals surface area contributed by atoms with Gasteiger partial charge in [0.15, 0.2) is 0 Å². The highest BCUT2D eigenvalue weighted by Crippen LogP contribution is 2.50. The van der Waals surface area contributed by atoms with E-state index in [2.05, 4.69) is 247 Å². The van der Waals surface area contributed by atoms with Crippen molar-refractivity contribution in [3.8, 4) is 16.8 Å². The summed E-state index contributed by atoms with van der Waals surface area (Å²) in [4.78, 5) is 5.17. The van der Waals surface area contributed by atoms with Crippen LogP contribution in [0.1, 0.15) is 82.0 Å². The van der Waals surface area contributed by atoms with Crippen molar-refractivity contribution in [2.75, 3.05) is 9.80 Å². The molecule has 4 nitrogen and oxygen atoms in total. The summed E-state index contributed by atoms with van der Waals surface area (Å²) in [5.74, 6) is 0. The summed E-state index contributed by atoms with van der Waals surface area (Å²) in [6.07, 6.45) is 6.45. The van der Waals surface area contributed by atoms with Crippen LogP contribution in [0.3, 0.4) is 0 Å². The number of hydrogen-bond donors (Lipinski definition) is 0. The Hall–Kier alpha value is -7.76. The number of fused-ring (bicyclic) bond motifs is 8. The molecule has 0 fully saturated rings. The summed E-state index contributed by atoms with van der Waals surface area (Å²) in [5.41, 5.74) is 24.4. The van der Waals surface area contributed by atoms with Crippen LogP contribution in [0.4, 0.5) is 34.1 Å². The number of aryl methyl sites for hydroxylation is 2. The van der Waals surface area contributed by atoms with Crippen molar-refractivity contribution in [1.29, 1.82) is 0 Å². The van der Waals surface area contributed by atoms with Gasteiger partial charge < -0.3 is 18.8 Å². The number of nitrogens with zero attached hydrogens (tertiary/aromatic N) is 3. The van der Waals surface area contributed by atoms with E-state index in [1.165, 1.54) is 78.0 Å². The van der Waals surface area contributed by atoms with Gasteiger partial charge in [-0.05, 0) is 149 Å². The molecule has 0 amide bonds. The van der Waals surface area contributed by atoms with Crippen LogP contribution in [-0.4, -0.2) is 11.3 Å². The Morgan fingerprint density at radius 1 is 0.557 bits per heavy atom. The van der Waals surface area contributed by atoms with E-state index in [1.54, 1.807) is 0 Å². The SMILES string of the molecule is C=Cc1c(/C=C\C)c2cc3c(cc2n1-c1ccccc1)N(c1c(C)cc(-c2cccc4c2oc2ccccc24)cc1C)c1cc(C(C)(C)C)cc2c1B3c1cc(C(C)(C)C)ccc1N2c1ccccc1. The molecule has 4 heterocycles. The quantitative estimate of drug-likeness (QED) is 0.155. The zero-order chi connectivity index (χ0) is 48.4. The molecule has 0 N–H and O–H groups in total. The first kappa shape index (κ1) is 43.5. The van der Waals surface area contributed by atoms with Gasteiger partial charge in [0.05, 0.1) is 16.9 Å². The van der Waals surface area contributed by atoms with Gasteiger partial charge in [-0.3, -0.25) is 0 Å². The maximum Gasteiger partial charge on any atom is 0.252 e. The second kappa shape index (κ2) is 15.9. The molecule has 0 unspecified atom stereocenters. The molecule has 0 saturated heterocycles. The van der Waals surface area contributed by atoms with Gasteiger partial charge in [0.2, 0.25) is 0 Å². The summed E-state index contributed by atoms with van der Waals surface area (Å²) < 4.78 is 9.05. The number of aromatic nitrogens is 1. The molecule has 0 saturated carbocycles. The zero-order valence-corrected chi connectivity index (χ0v) is 41.8. The van der Waals surface area contributed by atoms with E-state index in [0.717, 1.165) is 55.7 Å². The molecule has 0 aliphatic carbocycles. The standard InChI is InChI=1S/C65H58BN3O/c1-11-22-48-51-38-53-57(39-56(51)67(54(48)12-2)45-23-15-13-16-24-45)69(62-40(3)33-42(34-41(62)4)47-28-21-29-50-49-27-19-20-30-60(49)70-63(47)50)59-37-44(65(8,9)10)36-58-61(59)66(53)52-35-43(64(5,6)7)31-32-55(52)68(58)46-25-17-14-18-26-46/h11-39H,2H2,1,3-10H3/b22-11-. The molecule has 0 spiro atoms. The molecule has 2 aliphatic rings. The lowest BCUT2D eigenvalue weighted by atomic mass is 9.33. The van der Waals surface area contributed by atoms with Crippen LogP contribution in [0.2, 0.25) is 0 Å². The molecule has 10 aromatic rings. The van der Waals surface area contributed by atoms with Gasteiger partial charge >= 0.3 is 0 Å². The Labute approximate surface area is 412 Å². The van der Waals surface area contributed by atoms with Crippen LogP contribution in [0, 0.1) is 13.8 Å². The third-order valence-electron chi connectivity index (χ3n) is 14.9. The number of anilines is 6. The summed E-state index contributed by atoms with van der Waals surface area (Å²) >= 11 is 0. The Bertz CT molecular complexity index is 3780. The topological polar surface area (TPSA) is 24.6 Å². The molecule has 0 bridgehead atoms. The van der Waals surface area contributed by atoms with E-state index in [0.29, 0.717) is 0 Å². The molecular weight excluding hydrogens is 850 g/mol. The van der Waals surface area contributed by atoms with E-state index in [-0.39, 0.29) is 17.5 Å². The maximum absolute atomic E-state index is 6.65. The minimum atomic E-state index is -0.156. The molecule has 5 heteroatoms. The van der Waals surface area contributed by atoms with Crippen LogP contribution < -0.4 is 26.2 Å². The summed E-state index contributed by atoms with van der Waals surface area (Å²) in [7, 11) is 0. The van der Waals surface area contributed by atoms with E-state index < -0.39 is 0 Å². The number of furan rings is 1. The van der Waals surface area contributed by atoms with Crippen LogP contribution in [0.15, 0.2) is 175 Å². The lowest BCUT2D eigenvalue weighted by Crippen LogP contribution is -2.61. The maximum atomic E-state index is 6.65. The second-order valence-corrected chi connectivity index (χ2v) is 21.5. The van der Waals surface area contributed by atoms with Crippen molar-refractivity contribution >= 4 is 102 Å². The molecule has 0 radical (unpaired) electrons. The van der Waals surface area contributed by atoms with E-state index >= 15 is 0 Å². The lowest BCUT2D eigenvalue weighted by Gasteiger charge is -2.46. The molecule has 70 heavy (non-hydrogen) atoms. The summed E-state index contributed by atoms with van der Waals surface area (Å²) in [5, 5.41) is 3.47. The van der Waals surface area contributed by atoms with Gasteiger partial charge in [-0.15, -0.1) is 0 Å². The first-order valence-electron chi connectivity index (χ1n) is 24.8. The first-order chi connectivity index (χ1) is 33.7. The smallest absolute Gasteiger partial charge is 0.252 e. The van der Waals surface area contributed by atoms with Crippen molar-refractivity contribution in [2.45, 2.75) is 73.1 Å². The van der Waals surface area contributed by atoms with Crippen molar-refractivity contribution in [3.05, 3.63) is 204 Å². The average molecular weight is 908 g/mol. The van der Waals surface area contributed by atoms with Crippen molar-refractivity contribution in [2.24, 2.45) is 0 Å². The second-order valence-electron chi connectivity index (χ2n) is 21.5.